The van der Waals surface area contributed by atoms with Crippen LogP contribution in [0, 0.1) is 0 Å². The first-order chi connectivity index (χ1) is 6.79. The molecule has 5 heteroatoms. The molecule has 0 spiro atoms. The summed E-state index contributed by atoms with van der Waals surface area (Å²) in [7, 11) is 1.67. The predicted octanol–water partition coefficient (Wildman–Crippen LogP) is 0.988. The highest BCUT2D eigenvalue weighted by molar-refractivity contribution is 5.85. The third-order valence-corrected chi connectivity index (χ3v) is 2.55. The minimum Gasteiger partial charge on any atom is -0.341 e. The summed E-state index contributed by atoms with van der Waals surface area (Å²) in [6.45, 7) is 6.29. The van der Waals surface area contributed by atoms with Gasteiger partial charge >= 0.3 is 6.03 Å². The van der Waals surface area contributed by atoms with Gasteiger partial charge < -0.3 is 15.5 Å². The van der Waals surface area contributed by atoms with Gasteiger partial charge in [0.05, 0.1) is 0 Å². The summed E-state index contributed by atoms with van der Waals surface area (Å²) in [5, 5.41) is 5.95. The Balaban J connectivity index is 0.00000196. The van der Waals surface area contributed by atoms with E-state index in [4.69, 9.17) is 0 Å². The molecule has 1 heterocycles. The van der Waals surface area contributed by atoms with Crippen LogP contribution in [0.4, 0.5) is 4.79 Å². The highest BCUT2D eigenvalue weighted by Gasteiger charge is 2.23. The van der Waals surface area contributed by atoms with E-state index in [1.807, 2.05) is 4.90 Å². The summed E-state index contributed by atoms with van der Waals surface area (Å²) < 4.78 is 0. The summed E-state index contributed by atoms with van der Waals surface area (Å²) in [6.07, 6.45) is 3.83. The zero-order valence-corrected chi connectivity index (χ0v) is 9.98. The average molecular weight is 234 g/mol. The lowest BCUT2D eigenvalue weighted by Gasteiger charge is -2.33. The van der Waals surface area contributed by atoms with Crippen LogP contribution in [0.25, 0.3) is 0 Å². The molecule has 88 valence electrons. The van der Waals surface area contributed by atoms with E-state index in [-0.39, 0.29) is 18.4 Å². The predicted molar refractivity (Wildman–Crippen MR) is 64.5 cm³/mol. The molecule has 0 aromatic heterocycles. The van der Waals surface area contributed by atoms with Gasteiger partial charge in [-0.05, 0) is 25.9 Å². The van der Waals surface area contributed by atoms with Crippen molar-refractivity contribution in [1.82, 2.24) is 15.5 Å². The Labute approximate surface area is 97.5 Å². The van der Waals surface area contributed by atoms with Crippen molar-refractivity contribution in [2.75, 3.05) is 26.7 Å². The van der Waals surface area contributed by atoms with Crippen molar-refractivity contribution in [3.8, 4) is 0 Å². The number of carbonyl (C=O) groups is 1. The maximum Gasteiger partial charge on any atom is 0.317 e. The molecule has 0 aliphatic carbocycles. The maximum absolute atomic E-state index is 11.5. The number of carbonyl (C=O) groups excluding carboxylic acids is 1. The number of nitrogens with one attached hydrogen (secondary N) is 2. The third kappa shape index (κ3) is 4.10. The second-order valence-electron chi connectivity index (χ2n) is 3.48. The van der Waals surface area contributed by atoms with Crippen LogP contribution in [0.15, 0.2) is 12.7 Å². The van der Waals surface area contributed by atoms with E-state index in [1.165, 1.54) is 0 Å². The molecule has 1 aliphatic heterocycles. The van der Waals surface area contributed by atoms with E-state index in [0.717, 1.165) is 25.9 Å². The fourth-order valence-corrected chi connectivity index (χ4v) is 1.80. The molecule has 0 aromatic carbocycles. The molecule has 1 fully saturated rings. The van der Waals surface area contributed by atoms with E-state index in [0.29, 0.717) is 12.6 Å². The standard InChI is InChI=1S/C10H19N3O.ClH/c1-3-8-13(10(14)11-2)9-4-6-12-7-5-9;/h3,9,12H,1,4-8H2,2H3,(H,11,14);1H. The minimum absolute atomic E-state index is 0. The molecule has 0 unspecified atom stereocenters. The number of hydrogen-bond acceptors (Lipinski definition) is 2. The van der Waals surface area contributed by atoms with Crippen LogP contribution in [0.5, 0.6) is 0 Å². The summed E-state index contributed by atoms with van der Waals surface area (Å²) in [5.74, 6) is 0. The Morgan fingerprint density at radius 1 is 1.60 bits per heavy atom. The Bertz CT molecular complexity index is 205. The highest BCUT2D eigenvalue weighted by atomic mass is 35.5. The summed E-state index contributed by atoms with van der Waals surface area (Å²) in [5.41, 5.74) is 0. The van der Waals surface area contributed by atoms with Gasteiger partial charge in [0.2, 0.25) is 0 Å². The first kappa shape index (κ1) is 14.3. The zero-order chi connectivity index (χ0) is 10.4. The molecule has 2 N–H and O–H groups in total. The highest BCUT2D eigenvalue weighted by Crippen LogP contribution is 2.11. The van der Waals surface area contributed by atoms with Gasteiger partial charge in [-0.1, -0.05) is 6.08 Å². The normalized spacial score (nSPS) is 16.3. The second kappa shape index (κ2) is 7.54. The van der Waals surface area contributed by atoms with Gasteiger partial charge in [-0.25, -0.2) is 4.79 Å². The average Bonchev–Trinajstić information content (AvgIpc) is 2.26. The van der Waals surface area contributed by atoms with Gasteiger partial charge in [-0.3, -0.25) is 0 Å². The van der Waals surface area contributed by atoms with E-state index in [9.17, 15) is 4.79 Å². The SMILES string of the molecule is C=CCN(C(=O)NC)C1CCNCC1.Cl. The van der Waals surface area contributed by atoms with Crippen molar-refractivity contribution >= 4 is 18.4 Å². The third-order valence-electron chi connectivity index (χ3n) is 2.55. The topological polar surface area (TPSA) is 44.4 Å². The van der Waals surface area contributed by atoms with Gasteiger partial charge in [-0.15, -0.1) is 19.0 Å². The van der Waals surface area contributed by atoms with Crippen molar-refractivity contribution < 1.29 is 4.79 Å². The number of rotatable bonds is 3. The van der Waals surface area contributed by atoms with Crippen molar-refractivity contribution in [3.63, 3.8) is 0 Å². The van der Waals surface area contributed by atoms with E-state index in [2.05, 4.69) is 17.2 Å². The maximum atomic E-state index is 11.5. The van der Waals surface area contributed by atoms with Crippen LogP contribution in [-0.4, -0.2) is 43.7 Å². The zero-order valence-electron chi connectivity index (χ0n) is 9.16. The minimum atomic E-state index is -0.00296. The Kier molecular flexibility index (Phi) is 7.17. The fraction of sp³-hybridized carbons (Fsp3) is 0.700. The molecule has 0 radical (unpaired) electrons. The molecule has 4 nitrogen and oxygen atoms in total. The van der Waals surface area contributed by atoms with Gasteiger partial charge in [0.1, 0.15) is 0 Å². The molecule has 1 saturated heterocycles. The smallest absolute Gasteiger partial charge is 0.317 e. The van der Waals surface area contributed by atoms with Gasteiger partial charge in [0.15, 0.2) is 0 Å². The van der Waals surface area contributed by atoms with Crippen molar-refractivity contribution in [2.24, 2.45) is 0 Å². The van der Waals surface area contributed by atoms with Gasteiger partial charge in [0.25, 0.3) is 0 Å². The second-order valence-corrected chi connectivity index (χ2v) is 3.48. The van der Waals surface area contributed by atoms with Crippen molar-refractivity contribution in [3.05, 3.63) is 12.7 Å². The van der Waals surface area contributed by atoms with Crippen LogP contribution < -0.4 is 10.6 Å². The molecule has 0 atom stereocenters. The van der Waals surface area contributed by atoms with Crippen LogP contribution in [0.1, 0.15) is 12.8 Å². The lowest BCUT2D eigenvalue weighted by atomic mass is 10.1. The molecular weight excluding hydrogens is 214 g/mol. The fourth-order valence-electron chi connectivity index (χ4n) is 1.80. The molecule has 15 heavy (non-hydrogen) atoms. The molecule has 1 aliphatic rings. The molecule has 0 bridgehead atoms. The number of urea groups is 1. The van der Waals surface area contributed by atoms with Crippen LogP contribution in [0.2, 0.25) is 0 Å². The number of amides is 2. The summed E-state index contributed by atoms with van der Waals surface area (Å²) in [4.78, 5) is 13.4. The van der Waals surface area contributed by atoms with Crippen LogP contribution in [-0.2, 0) is 0 Å². The molecule has 2 amide bonds. The molecular formula is C10H20ClN3O. The largest absolute Gasteiger partial charge is 0.341 e. The lowest BCUT2D eigenvalue weighted by Crippen LogP contribution is -2.49. The summed E-state index contributed by atoms with van der Waals surface area (Å²) >= 11 is 0. The number of halogens is 1. The van der Waals surface area contributed by atoms with E-state index < -0.39 is 0 Å². The Morgan fingerprint density at radius 3 is 2.67 bits per heavy atom. The monoisotopic (exact) mass is 233 g/mol. The van der Waals surface area contributed by atoms with E-state index in [1.54, 1.807) is 13.1 Å². The first-order valence-electron chi connectivity index (χ1n) is 5.09. The van der Waals surface area contributed by atoms with E-state index >= 15 is 0 Å². The molecule has 1 rings (SSSR count). The number of nitrogens with zero attached hydrogens (tertiary/aromatic N) is 1. The quantitative estimate of drug-likeness (QED) is 0.714. The molecule has 0 aromatic rings. The van der Waals surface area contributed by atoms with Crippen LogP contribution in [0.3, 0.4) is 0 Å². The number of hydrogen-bond donors (Lipinski definition) is 2. The van der Waals surface area contributed by atoms with Crippen molar-refractivity contribution in [2.45, 2.75) is 18.9 Å². The van der Waals surface area contributed by atoms with Crippen LogP contribution >= 0.6 is 12.4 Å². The Hall–Kier alpha value is -0.740. The number of piperidine rings is 1. The van der Waals surface area contributed by atoms with Gasteiger partial charge in [-0.2, -0.15) is 0 Å². The first-order valence-corrected chi connectivity index (χ1v) is 5.09. The Morgan fingerprint density at radius 2 is 2.20 bits per heavy atom. The van der Waals surface area contributed by atoms with Crippen molar-refractivity contribution in [1.29, 1.82) is 0 Å². The lowest BCUT2D eigenvalue weighted by molar-refractivity contribution is 0.169. The van der Waals surface area contributed by atoms with Gasteiger partial charge in [0, 0.05) is 19.6 Å². The molecule has 0 saturated carbocycles. The summed E-state index contributed by atoms with van der Waals surface area (Å²) in [6, 6.07) is 0.353.